The van der Waals surface area contributed by atoms with Gasteiger partial charge in [0.1, 0.15) is 0 Å². The maximum absolute atomic E-state index is 11.4. The van der Waals surface area contributed by atoms with E-state index < -0.39 is 0 Å². The van der Waals surface area contributed by atoms with Crippen LogP contribution in [0, 0.1) is 0 Å². The van der Waals surface area contributed by atoms with Gasteiger partial charge in [-0.1, -0.05) is 12.2 Å². The molecule has 1 atom stereocenters. The van der Waals surface area contributed by atoms with E-state index in [0.29, 0.717) is 5.78 Å². The van der Waals surface area contributed by atoms with E-state index in [1.165, 1.54) is 6.42 Å². The van der Waals surface area contributed by atoms with Crippen molar-refractivity contribution >= 4 is 5.78 Å². The summed E-state index contributed by atoms with van der Waals surface area (Å²) in [6, 6.07) is 0.137. The molecule has 2 heteroatoms. The molecule has 0 radical (unpaired) electrons. The molecule has 2 nitrogen and oxygen atoms in total. The number of carbonyl (C=O) groups excluding carboxylic acids is 1. The highest BCUT2D eigenvalue weighted by atomic mass is 16.1. The molecule has 1 saturated heterocycles. The highest BCUT2D eigenvalue weighted by Gasteiger charge is 2.27. The third kappa shape index (κ3) is 1.23. The van der Waals surface area contributed by atoms with E-state index in [9.17, 15) is 4.79 Å². The van der Waals surface area contributed by atoms with E-state index in [1.807, 2.05) is 6.08 Å². The van der Waals surface area contributed by atoms with Gasteiger partial charge < -0.3 is 0 Å². The lowest BCUT2D eigenvalue weighted by molar-refractivity contribution is -0.121. The zero-order valence-electron chi connectivity index (χ0n) is 6.62. The van der Waals surface area contributed by atoms with E-state index in [1.54, 1.807) is 0 Å². The summed E-state index contributed by atoms with van der Waals surface area (Å²) in [4.78, 5) is 13.7. The smallest absolute Gasteiger partial charge is 0.153 e. The van der Waals surface area contributed by atoms with Gasteiger partial charge in [-0.05, 0) is 19.4 Å². The Balaban J connectivity index is 2.14. The molecule has 0 saturated carbocycles. The van der Waals surface area contributed by atoms with E-state index in [0.717, 1.165) is 25.9 Å². The molecule has 0 spiro atoms. The van der Waals surface area contributed by atoms with E-state index in [-0.39, 0.29) is 6.04 Å². The van der Waals surface area contributed by atoms with E-state index >= 15 is 0 Å². The van der Waals surface area contributed by atoms with Gasteiger partial charge in [0.2, 0.25) is 0 Å². The summed E-state index contributed by atoms with van der Waals surface area (Å²) in [6.45, 7) is 2.08. The summed E-state index contributed by atoms with van der Waals surface area (Å²) < 4.78 is 0. The van der Waals surface area contributed by atoms with Crippen LogP contribution in [0.1, 0.15) is 19.3 Å². The Kier molecular flexibility index (Phi) is 1.78. The summed E-state index contributed by atoms with van der Waals surface area (Å²) in [5, 5.41) is 0. The minimum Gasteiger partial charge on any atom is -0.298 e. The second kappa shape index (κ2) is 2.78. The third-order valence-electron chi connectivity index (χ3n) is 2.50. The second-order valence-corrected chi connectivity index (χ2v) is 3.29. The number of fused-ring (bicyclic) bond motifs is 1. The Morgan fingerprint density at radius 3 is 3.27 bits per heavy atom. The Hall–Kier alpha value is -0.630. The molecule has 0 aliphatic carbocycles. The van der Waals surface area contributed by atoms with Crippen molar-refractivity contribution in [1.29, 1.82) is 0 Å². The van der Waals surface area contributed by atoms with Crippen LogP contribution in [0.25, 0.3) is 0 Å². The van der Waals surface area contributed by atoms with Crippen LogP contribution in [0.2, 0.25) is 0 Å². The Morgan fingerprint density at radius 1 is 1.45 bits per heavy atom. The van der Waals surface area contributed by atoms with Crippen molar-refractivity contribution in [3.8, 4) is 0 Å². The largest absolute Gasteiger partial charge is 0.298 e. The zero-order chi connectivity index (χ0) is 7.68. The van der Waals surface area contributed by atoms with Gasteiger partial charge in [-0.15, -0.1) is 0 Å². The topological polar surface area (TPSA) is 20.3 Å². The zero-order valence-corrected chi connectivity index (χ0v) is 6.62. The van der Waals surface area contributed by atoms with Crippen LogP contribution in [0.3, 0.4) is 0 Å². The first-order valence-electron chi connectivity index (χ1n) is 4.31. The van der Waals surface area contributed by atoms with Crippen molar-refractivity contribution in [3.63, 3.8) is 0 Å². The van der Waals surface area contributed by atoms with Crippen LogP contribution in [-0.2, 0) is 4.79 Å². The molecule has 11 heavy (non-hydrogen) atoms. The van der Waals surface area contributed by atoms with Crippen molar-refractivity contribution in [2.24, 2.45) is 0 Å². The average Bonchev–Trinajstić information content (AvgIpc) is 2.40. The number of hydrogen-bond acceptors (Lipinski definition) is 2. The summed E-state index contributed by atoms with van der Waals surface area (Å²) in [5.74, 6) is 0.413. The molecule has 0 amide bonds. The van der Waals surface area contributed by atoms with Gasteiger partial charge in [-0.3, -0.25) is 9.69 Å². The minimum absolute atomic E-state index is 0.137. The maximum atomic E-state index is 11.4. The van der Waals surface area contributed by atoms with Crippen molar-refractivity contribution < 1.29 is 4.79 Å². The molecule has 0 bridgehead atoms. The number of carbonyl (C=O) groups is 1. The fourth-order valence-electron chi connectivity index (χ4n) is 1.86. The van der Waals surface area contributed by atoms with Gasteiger partial charge in [-0.25, -0.2) is 0 Å². The number of ketones is 1. The first kappa shape index (κ1) is 7.04. The predicted molar refractivity (Wildman–Crippen MR) is 43.4 cm³/mol. The molecule has 2 heterocycles. The third-order valence-corrected chi connectivity index (χ3v) is 2.50. The monoisotopic (exact) mass is 151 g/mol. The van der Waals surface area contributed by atoms with Gasteiger partial charge in [0.05, 0.1) is 6.04 Å². The Bertz CT molecular complexity index is 198. The average molecular weight is 151 g/mol. The fraction of sp³-hybridized carbons (Fsp3) is 0.667. The summed E-state index contributed by atoms with van der Waals surface area (Å²) >= 11 is 0. The molecule has 0 N–H and O–H groups in total. The van der Waals surface area contributed by atoms with Gasteiger partial charge in [0.15, 0.2) is 5.78 Å². The van der Waals surface area contributed by atoms with E-state index in [2.05, 4.69) is 11.0 Å². The van der Waals surface area contributed by atoms with Crippen LogP contribution >= 0.6 is 0 Å². The van der Waals surface area contributed by atoms with Crippen molar-refractivity contribution in [2.45, 2.75) is 25.3 Å². The normalized spacial score (nSPS) is 32.0. The molecular formula is C9H13NO. The number of rotatable bonds is 0. The van der Waals surface area contributed by atoms with Crippen LogP contribution in [0.15, 0.2) is 12.2 Å². The molecule has 0 aromatic carbocycles. The SMILES string of the molecule is O=C1CCCCN2CC=C[C@@H]12. The van der Waals surface area contributed by atoms with Gasteiger partial charge in [0.25, 0.3) is 0 Å². The Labute approximate surface area is 66.9 Å². The van der Waals surface area contributed by atoms with Gasteiger partial charge >= 0.3 is 0 Å². The minimum atomic E-state index is 0.137. The summed E-state index contributed by atoms with van der Waals surface area (Å²) in [5.41, 5.74) is 0. The standard InChI is InChI=1S/C9H13NO/c11-9-5-1-2-6-10-7-3-4-8(9)10/h3-4,8H,1-2,5-7H2/t8-/m0/s1. The first-order chi connectivity index (χ1) is 5.38. The molecule has 0 unspecified atom stereocenters. The maximum Gasteiger partial charge on any atom is 0.153 e. The lowest BCUT2D eigenvalue weighted by Crippen LogP contribution is -2.34. The fourth-order valence-corrected chi connectivity index (χ4v) is 1.86. The predicted octanol–water partition coefficient (Wildman–Crippen LogP) is 0.980. The number of Topliss-reactive ketones (excluding diaryl/α,β-unsaturated/α-hetero) is 1. The van der Waals surface area contributed by atoms with Crippen LogP contribution < -0.4 is 0 Å². The Morgan fingerprint density at radius 2 is 2.36 bits per heavy atom. The lowest BCUT2D eigenvalue weighted by Gasteiger charge is -2.19. The van der Waals surface area contributed by atoms with Crippen molar-refractivity contribution in [3.05, 3.63) is 12.2 Å². The quantitative estimate of drug-likeness (QED) is 0.481. The second-order valence-electron chi connectivity index (χ2n) is 3.29. The highest BCUT2D eigenvalue weighted by Crippen LogP contribution is 2.18. The molecule has 0 aromatic heterocycles. The lowest BCUT2D eigenvalue weighted by atomic mass is 10.1. The number of hydrogen-bond donors (Lipinski definition) is 0. The van der Waals surface area contributed by atoms with Crippen LogP contribution in [0.4, 0.5) is 0 Å². The van der Waals surface area contributed by atoms with Crippen LogP contribution in [-0.4, -0.2) is 29.8 Å². The highest BCUT2D eigenvalue weighted by molar-refractivity contribution is 5.86. The molecule has 2 rings (SSSR count). The molecule has 0 aromatic rings. The van der Waals surface area contributed by atoms with Crippen molar-refractivity contribution in [2.75, 3.05) is 13.1 Å². The van der Waals surface area contributed by atoms with Crippen molar-refractivity contribution in [1.82, 2.24) is 4.90 Å². The first-order valence-corrected chi connectivity index (χ1v) is 4.31. The molecule has 1 fully saturated rings. The number of nitrogens with zero attached hydrogens (tertiary/aromatic N) is 1. The van der Waals surface area contributed by atoms with Gasteiger partial charge in [-0.2, -0.15) is 0 Å². The summed E-state index contributed by atoms with van der Waals surface area (Å²) in [6.07, 6.45) is 7.20. The van der Waals surface area contributed by atoms with Crippen LogP contribution in [0.5, 0.6) is 0 Å². The molecule has 2 aliphatic heterocycles. The summed E-state index contributed by atoms with van der Waals surface area (Å²) in [7, 11) is 0. The molecule has 60 valence electrons. The van der Waals surface area contributed by atoms with E-state index in [4.69, 9.17) is 0 Å². The molecule has 2 aliphatic rings. The van der Waals surface area contributed by atoms with Gasteiger partial charge in [0, 0.05) is 13.0 Å². The molecular weight excluding hydrogens is 138 g/mol.